The Morgan fingerprint density at radius 2 is 0.500 bits per heavy atom. The number of rotatable bonds is 7. The van der Waals surface area contributed by atoms with Crippen molar-refractivity contribution in [1.29, 1.82) is 0 Å². The van der Waals surface area contributed by atoms with Gasteiger partial charge in [0.05, 0.1) is 0 Å². The van der Waals surface area contributed by atoms with Crippen LogP contribution < -0.4 is 0 Å². The van der Waals surface area contributed by atoms with Crippen molar-refractivity contribution in [2.24, 2.45) is 0 Å². The van der Waals surface area contributed by atoms with Gasteiger partial charge in [-0.05, 0) is 0 Å². The van der Waals surface area contributed by atoms with Crippen LogP contribution in [0.5, 0.6) is 0 Å². The van der Waals surface area contributed by atoms with Crippen LogP contribution in [0.2, 0.25) is 105 Å². The molecule has 10 heteroatoms. The second kappa shape index (κ2) is 9.96. The predicted molar refractivity (Wildman–Crippen MR) is 151 cm³/mol. The summed E-state index contributed by atoms with van der Waals surface area (Å²) in [6.45, 7) is 44.6. The normalized spacial score (nSPS) is 15.2. The molecule has 26 heavy (non-hydrogen) atoms. The van der Waals surface area contributed by atoms with Crippen molar-refractivity contribution in [2.75, 3.05) is 0 Å². The molecule has 0 nitrogen and oxygen atoms in total. The fourth-order valence-electron chi connectivity index (χ4n) is 6.62. The molecule has 0 bridgehead atoms. The van der Waals surface area contributed by atoms with E-state index in [1.165, 1.54) is 0 Å². The van der Waals surface area contributed by atoms with Gasteiger partial charge in [-0.3, -0.25) is 0 Å². The first-order chi connectivity index (χ1) is 11.0. The summed E-state index contributed by atoms with van der Waals surface area (Å²) in [7, 11) is -1.89. The minimum absolute atomic E-state index is 0.124. The van der Waals surface area contributed by atoms with Crippen molar-refractivity contribution in [3.05, 3.63) is 0 Å². The zero-order valence-corrected chi connectivity index (χ0v) is 32.5. The first-order valence-corrected chi connectivity index (χ1v) is 43.6. The van der Waals surface area contributed by atoms with Gasteiger partial charge >= 0.3 is 30.3 Å². The van der Waals surface area contributed by atoms with Gasteiger partial charge in [-0.25, -0.2) is 0 Å². The fraction of sp³-hybridized carbons (Fsp3) is 1.00. The first-order valence-electron chi connectivity index (χ1n) is 9.94. The monoisotopic (exact) mass is 619 g/mol. The fourth-order valence-corrected chi connectivity index (χ4v) is 273. The van der Waals surface area contributed by atoms with E-state index in [2.05, 4.69) is 105 Å². The van der Waals surface area contributed by atoms with Gasteiger partial charge in [-0.2, -0.15) is 0 Å². The molecule has 0 heterocycles. The average molecular weight is 619 g/mol. The Bertz CT molecular complexity index is 371. The van der Waals surface area contributed by atoms with Crippen molar-refractivity contribution in [3.63, 3.8) is 0 Å². The van der Waals surface area contributed by atoms with Gasteiger partial charge < -0.3 is 0 Å². The van der Waals surface area contributed by atoms with Crippen LogP contribution in [0, 0.1) is 0 Å². The summed E-state index contributed by atoms with van der Waals surface area (Å²) in [6.07, 6.45) is 0. The summed E-state index contributed by atoms with van der Waals surface area (Å²) in [6, 6.07) is 0. The van der Waals surface area contributed by atoms with Gasteiger partial charge in [0.2, 0.25) is 0 Å². The summed E-state index contributed by atoms with van der Waals surface area (Å²) in [5.74, 6) is 0. The Kier molecular flexibility index (Phi) is 11.9. The van der Waals surface area contributed by atoms with Crippen LogP contribution in [0.1, 0.15) is 0 Å². The third-order valence-corrected chi connectivity index (χ3v) is 156. The van der Waals surface area contributed by atoms with E-state index in [0.717, 1.165) is 21.4 Å². The molecular weight excluding hydrogens is 571 g/mol. The molecule has 0 aliphatic heterocycles. The van der Waals surface area contributed by atoms with Gasteiger partial charge in [0.25, 0.3) is 0 Å². The molecule has 4 radical (unpaired) electrons. The Morgan fingerprint density at radius 3 is 0.577 bits per heavy atom. The van der Waals surface area contributed by atoms with Gasteiger partial charge in [-0.15, -0.1) is 0 Å². The summed E-state index contributed by atoms with van der Waals surface area (Å²) < 4.78 is 0. The molecule has 0 amide bonds. The molecule has 0 aliphatic carbocycles. The van der Waals surface area contributed by atoms with Crippen LogP contribution in [-0.4, -0.2) is 80.7 Å². The molecule has 0 aromatic rings. The number of hydrogen-bond donors (Lipinski definition) is 0. The quantitative estimate of drug-likeness (QED) is 0.282. The van der Waals surface area contributed by atoms with Crippen LogP contribution in [0.4, 0.5) is 0 Å². The maximum atomic E-state index is 4.73. The van der Waals surface area contributed by atoms with E-state index in [9.17, 15) is 0 Å². The van der Waals surface area contributed by atoms with E-state index in [4.69, 9.17) is 8.92 Å². The second-order valence-electron chi connectivity index (χ2n) is 13.0. The van der Waals surface area contributed by atoms with Crippen LogP contribution >= 0.6 is 8.92 Å². The van der Waals surface area contributed by atoms with E-state index < -0.39 is 44.6 Å². The molecule has 0 aliphatic rings. The summed E-state index contributed by atoms with van der Waals surface area (Å²) in [5.41, 5.74) is 0. The number of hydrogen-bond acceptors (Lipinski definition) is 0. The Hall–Kier alpha value is 2.82. The molecule has 0 aromatic carbocycles. The van der Waals surface area contributed by atoms with Crippen molar-refractivity contribution in [2.45, 2.75) is 105 Å². The Labute approximate surface area is 192 Å². The zero-order valence-electron chi connectivity index (χ0n) is 20.9. The van der Waals surface area contributed by atoms with Crippen LogP contribution in [0.15, 0.2) is 0 Å². The second-order valence-corrected chi connectivity index (χ2v) is 93.0. The molecule has 0 fully saturated rings. The van der Waals surface area contributed by atoms with Gasteiger partial charge in [-0.1, -0.05) is 105 Å². The van der Waals surface area contributed by atoms with Crippen molar-refractivity contribution in [3.8, 4) is 0 Å². The van der Waals surface area contributed by atoms with E-state index in [1.807, 2.05) is 0 Å². The summed E-state index contributed by atoms with van der Waals surface area (Å²) in [5, 5.41) is 0. The molecule has 156 valence electrons. The first kappa shape index (κ1) is 31.0. The molecular formula is C16H48ClSi8Sn-. The average Bonchev–Trinajstić information content (AvgIpc) is 2.20. The molecule has 0 unspecified atom stereocenters. The van der Waals surface area contributed by atoms with E-state index in [0.29, 0.717) is 0 Å². The Balaban J connectivity index is 0. The summed E-state index contributed by atoms with van der Waals surface area (Å²) >= 11 is 1.02. The van der Waals surface area contributed by atoms with Crippen molar-refractivity contribution < 1.29 is 0 Å². The standard InChI is InChI=1S/C16H48Si8.ClH.Sn/c1-19(2,3)17(20(4,5)6)23(13,14)24(15,16)18(21(7,8)9)22(10,11)12;;/h1-16H3;1H;/p-1. The van der Waals surface area contributed by atoms with Crippen LogP contribution in [-0.2, 0) is 0 Å². The van der Waals surface area contributed by atoms with Crippen molar-refractivity contribution >= 4 is 89.6 Å². The van der Waals surface area contributed by atoms with Crippen molar-refractivity contribution in [1.82, 2.24) is 0 Å². The molecule has 0 spiro atoms. The van der Waals surface area contributed by atoms with Gasteiger partial charge in [0, 0.05) is 59.3 Å². The zero-order chi connectivity index (χ0) is 22.2. The van der Waals surface area contributed by atoms with E-state index in [-0.39, 0.29) is 14.7 Å². The topological polar surface area (TPSA) is 0 Å². The molecule has 0 atom stereocenters. The Morgan fingerprint density at radius 1 is 0.385 bits per heavy atom. The molecule has 0 aromatic heterocycles. The molecule has 0 rings (SSSR count). The van der Waals surface area contributed by atoms with Crippen LogP contribution in [0.3, 0.4) is 0 Å². The van der Waals surface area contributed by atoms with E-state index in [1.54, 1.807) is 0 Å². The third-order valence-electron chi connectivity index (χ3n) is 5.81. The molecule has 0 saturated heterocycles. The van der Waals surface area contributed by atoms with Crippen LogP contribution in [0.25, 0.3) is 0 Å². The third kappa shape index (κ3) is 7.82. The SMILES string of the molecule is C[Si](C)(C)[Si]([Si](C)(C)C)[Si](C)(C)[Si](C)(C)[Si]([Si](C)(C)C)[Si](C)(C)C.[Cl][Sn-]. The maximum absolute atomic E-state index is 4.73. The van der Waals surface area contributed by atoms with E-state index >= 15 is 0 Å². The number of halogens is 1. The van der Waals surface area contributed by atoms with Gasteiger partial charge in [0.15, 0.2) is 0 Å². The minimum atomic E-state index is -1.13. The predicted octanol–water partition coefficient (Wildman–Crippen LogP) is 6.60. The molecule has 0 saturated carbocycles. The summed E-state index contributed by atoms with van der Waals surface area (Å²) in [4.78, 5) is 0. The molecule has 0 N–H and O–H groups in total. The van der Waals surface area contributed by atoms with Gasteiger partial charge in [0.1, 0.15) is 0 Å².